The van der Waals surface area contributed by atoms with Crippen molar-refractivity contribution in [1.29, 1.82) is 0 Å². The Kier molecular flexibility index (Phi) is 4.75. The van der Waals surface area contributed by atoms with Gasteiger partial charge in [-0.15, -0.1) is 0 Å². The van der Waals surface area contributed by atoms with Gasteiger partial charge in [0.25, 0.3) is 0 Å². The average molecular weight is 294 g/mol. The van der Waals surface area contributed by atoms with Gasteiger partial charge in [0, 0.05) is 5.56 Å². The first kappa shape index (κ1) is 15.3. The number of halogens is 2. The van der Waals surface area contributed by atoms with Crippen molar-refractivity contribution in [1.82, 2.24) is 0 Å². The largest absolute Gasteiger partial charge is 0.494 e. The first-order valence-corrected chi connectivity index (χ1v) is 6.44. The van der Waals surface area contributed by atoms with Gasteiger partial charge in [0.2, 0.25) is 0 Å². The van der Waals surface area contributed by atoms with E-state index < -0.39 is 17.7 Å². The normalized spacial score (nSPS) is 12.0. The zero-order chi connectivity index (χ0) is 15.4. The van der Waals surface area contributed by atoms with Crippen molar-refractivity contribution in [3.63, 3.8) is 0 Å². The Morgan fingerprint density at radius 3 is 2.43 bits per heavy atom. The van der Waals surface area contributed by atoms with E-state index in [4.69, 9.17) is 9.47 Å². The van der Waals surface area contributed by atoms with E-state index in [-0.39, 0.29) is 12.4 Å². The zero-order valence-corrected chi connectivity index (χ0v) is 11.8. The third-order valence-electron chi connectivity index (χ3n) is 3.03. The summed E-state index contributed by atoms with van der Waals surface area (Å²) in [5.74, 6) is -0.407. The van der Waals surface area contributed by atoms with Crippen LogP contribution in [0.3, 0.4) is 0 Å². The molecule has 5 heteroatoms. The molecule has 112 valence electrons. The first-order chi connectivity index (χ1) is 10.0. The van der Waals surface area contributed by atoms with E-state index in [1.807, 2.05) is 0 Å². The average Bonchev–Trinajstić information content (AvgIpc) is 2.46. The molecule has 0 saturated carbocycles. The Morgan fingerprint density at radius 2 is 1.81 bits per heavy atom. The van der Waals surface area contributed by atoms with Gasteiger partial charge in [-0.3, -0.25) is 0 Å². The molecule has 0 amide bonds. The molecule has 1 N–H and O–H groups in total. The van der Waals surface area contributed by atoms with E-state index >= 15 is 0 Å². The highest BCUT2D eigenvalue weighted by atomic mass is 19.1. The summed E-state index contributed by atoms with van der Waals surface area (Å²) < 4.78 is 37.1. The summed E-state index contributed by atoms with van der Waals surface area (Å²) in [5.41, 5.74) is 0.957. The second-order valence-electron chi connectivity index (χ2n) is 4.62. The van der Waals surface area contributed by atoms with Crippen molar-refractivity contribution in [2.75, 3.05) is 7.11 Å². The van der Waals surface area contributed by atoms with Gasteiger partial charge < -0.3 is 14.6 Å². The van der Waals surface area contributed by atoms with Gasteiger partial charge in [0.1, 0.15) is 18.2 Å². The molecule has 2 aromatic rings. The third kappa shape index (κ3) is 3.70. The van der Waals surface area contributed by atoms with Crippen LogP contribution < -0.4 is 9.47 Å². The van der Waals surface area contributed by atoms with Crippen LogP contribution in [0.1, 0.15) is 24.2 Å². The predicted molar refractivity (Wildman–Crippen MR) is 74.3 cm³/mol. The van der Waals surface area contributed by atoms with E-state index in [2.05, 4.69) is 0 Å². The quantitative estimate of drug-likeness (QED) is 0.915. The molecule has 2 rings (SSSR count). The maximum atomic E-state index is 13.6. The predicted octanol–water partition coefficient (Wildman–Crippen LogP) is 3.61. The summed E-state index contributed by atoms with van der Waals surface area (Å²) >= 11 is 0. The van der Waals surface area contributed by atoms with Gasteiger partial charge in [0.05, 0.1) is 13.2 Å². The van der Waals surface area contributed by atoms with Crippen molar-refractivity contribution < 1.29 is 23.4 Å². The van der Waals surface area contributed by atoms with Crippen molar-refractivity contribution in [3.8, 4) is 11.5 Å². The molecule has 0 spiro atoms. The van der Waals surface area contributed by atoms with Gasteiger partial charge in [0.15, 0.2) is 11.6 Å². The fourth-order valence-corrected chi connectivity index (χ4v) is 1.94. The topological polar surface area (TPSA) is 38.7 Å². The number of methoxy groups -OCH3 is 1. The lowest BCUT2D eigenvalue weighted by Gasteiger charge is -2.14. The molecule has 3 nitrogen and oxygen atoms in total. The van der Waals surface area contributed by atoms with E-state index in [0.29, 0.717) is 16.9 Å². The maximum absolute atomic E-state index is 13.6. The summed E-state index contributed by atoms with van der Waals surface area (Å²) in [6.07, 6.45) is -0.858. The molecule has 0 aliphatic rings. The molecule has 2 aromatic carbocycles. The van der Waals surface area contributed by atoms with Gasteiger partial charge in [-0.1, -0.05) is 6.07 Å². The Bertz CT molecular complexity index is 627. The van der Waals surface area contributed by atoms with Gasteiger partial charge in [-0.25, -0.2) is 8.78 Å². The summed E-state index contributed by atoms with van der Waals surface area (Å²) in [4.78, 5) is 0. The molecule has 0 fully saturated rings. The lowest BCUT2D eigenvalue weighted by molar-refractivity contribution is 0.189. The van der Waals surface area contributed by atoms with Crippen LogP contribution in [0.15, 0.2) is 36.4 Å². The molecule has 0 heterocycles. The van der Waals surface area contributed by atoms with Crippen LogP contribution in [0.5, 0.6) is 11.5 Å². The van der Waals surface area contributed by atoms with Crippen molar-refractivity contribution in [2.45, 2.75) is 19.6 Å². The molecule has 0 saturated heterocycles. The highest BCUT2D eigenvalue weighted by Gasteiger charge is 2.11. The monoisotopic (exact) mass is 294 g/mol. The molecule has 0 bridgehead atoms. The summed E-state index contributed by atoms with van der Waals surface area (Å²) in [6.45, 7) is 1.63. The van der Waals surface area contributed by atoms with E-state index in [1.165, 1.54) is 44.4 Å². The lowest BCUT2D eigenvalue weighted by atomic mass is 10.1. The second-order valence-corrected chi connectivity index (χ2v) is 4.62. The number of hydrogen-bond acceptors (Lipinski definition) is 3. The number of benzene rings is 2. The molecule has 0 radical (unpaired) electrons. The fraction of sp³-hybridized carbons (Fsp3) is 0.250. The summed E-state index contributed by atoms with van der Waals surface area (Å²) in [6, 6.07) is 8.40. The van der Waals surface area contributed by atoms with Gasteiger partial charge >= 0.3 is 0 Å². The molecule has 21 heavy (non-hydrogen) atoms. The number of rotatable bonds is 5. The van der Waals surface area contributed by atoms with Crippen LogP contribution >= 0.6 is 0 Å². The minimum atomic E-state index is -0.858. The minimum Gasteiger partial charge on any atom is -0.494 e. The van der Waals surface area contributed by atoms with Gasteiger partial charge in [-0.2, -0.15) is 0 Å². The Morgan fingerprint density at radius 1 is 1.10 bits per heavy atom. The van der Waals surface area contributed by atoms with Gasteiger partial charge in [-0.05, 0) is 42.8 Å². The number of aliphatic hydroxyl groups excluding tert-OH is 1. The van der Waals surface area contributed by atoms with Crippen LogP contribution in [0.4, 0.5) is 8.78 Å². The van der Waals surface area contributed by atoms with Crippen molar-refractivity contribution in [3.05, 3.63) is 59.2 Å². The SMILES string of the molecule is COc1ccc(COc2ccc(F)cc2C(C)O)cc1F. The second kappa shape index (κ2) is 6.54. The number of ether oxygens (including phenoxy) is 2. The van der Waals surface area contributed by atoms with E-state index in [0.717, 1.165) is 0 Å². The third-order valence-corrected chi connectivity index (χ3v) is 3.03. The maximum Gasteiger partial charge on any atom is 0.165 e. The first-order valence-electron chi connectivity index (χ1n) is 6.44. The van der Waals surface area contributed by atoms with Crippen LogP contribution in [-0.4, -0.2) is 12.2 Å². The number of aliphatic hydroxyl groups is 1. The molecule has 0 aromatic heterocycles. The highest BCUT2D eigenvalue weighted by molar-refractivity contribution is 5.36. The molecule has 1 atom stereocenters. The molecule has 0 aliphatic carbocycles. The standard InChI is InChI=1S/C16H16F2O3/c1-10(19)13-8-12(17)4-6-15(13)21-9-11-3-5-16(20-2)14(18)7-11/h3-8,10,19H,9H2,1-2H3. The van der Waals surface area contributed by atoms with Crippen LogP contribution in [0.25, 0.3) is 0 Å². The Labute approximate surface area is 121 Å². The number of hydrogen-bond donors (Lipinski definition) is 1. The molecule has 0 aliphatic heterocycles. The highest BCUT2D eigenvalue weighted by Crippen LogP contribution is 2.27. The van der Waals surface area contributed by atoms with Crippen molar-refractivity contribution >= 4 is 0 Å². The zero-order valence-electron chi connectivity index (χ0n) is 11.8. The molecular weight excluding hydrogens is 278 g/mol. The van der Waals surface area contributed by atoms with Crippen LogP contribution in [-0.2, 0) is 6.61 Å². The van der Waals surface area contributed by atoms with Crippen LogP contribution in [0, 0.1) is 11.6 Å². The molecular formula is C16H16F2O3. The van der Waals surface area contributed by atoms with E-state index in [1.54, 1.807) is 6.07 Å². The Balaban J connectivity index is 2.15. The lowest BCUT2D eigenvalue weighted by Crippen LogP contribution is -2.02. The smallest absolute Gasteiger partial charge is 0.165 e. The van der Waals surface area contributed by atoms with Crippen molar-refractivity contribution in [2.24, 2.45) is 0 Å². The Hall–Kier alpha value is -2.14. The van der Waals surface area contributed by atoms with Crippen LogP contribution in [0.2, 0.25) is 0 Å². The summed E-state index contributed by atoms with van der Waals surface area (Å²) in [7, 11) is 1.39. The fourth-order valence-electron chi connectivity index (χ4n) is 1.94. The molecule has 1 unspecified atom stereocenters. The minimum absolute atomic E-state index is 0.103. The van der Waals surface area contributed by atoms with E-state index in [9.17, 15) is 13.9 Å². The summed E-state index contributed by atoms with van der Waals surface area (Å²) in [5, 5.41) is 9.62.